The molecule has 0 aliphatic rings. The van der Waals surface area contributed by atoms with Crippen LogP contribution in [-0.2, 0) is 14.3 Å². The smallest absolute Gasteiger partial charge is 0.318 e. The predicted molar refractivity (Wildman–Crippen MR) is 100 cm³/mol. The number of carbonyl (C=O) groups excluding carboxylic acids is 2. The Morgan fingerprint density at radius 3 is 2.48 bits per heavy atom. The Kier molecular flexibility index (Phi) is 6.25. The number of aromatic nitrogens is 2. The number of aryl methyl sites for hydroxylation is 2. The summed E-state index contributed by atoms with van der Waals surface area (Å²) in [4.78, 5) is 23.6. The molecule has 134 valence electrons. The van der Waals surface area contributed by atoms with E-state index in [-0.39, 0.29) is 22.9 Å². The van der Waals surface area contributed by atoms with Gasteiger partial charge in [0, 0.05) is 0 Å². The number of thioether (sulfide) groups is 1. The average molecular weight is 361 g/mol. The summed E-state index contributed by atoms with van der Waals surface area (Å²) in [5.41, 5.74) is 4.44. The molecule has 1 heterocycles. The van der Waals surface area contributed by atoms with Crippen LogP contribution in [0.4, 0.5) is 5.69 Å². The summed E-state index contributed by atoms with van der Waals surface area (Å²) in [5.74, 6) is -0.335. The molecule has 1 unspecified atom stereocenters. The fourth-order valence-corrected chi connectivity index (χ4v) is 3.08. The lowest BCUT2D eigenvalue weighted by Gasteiger charge is -2.10. The Morgan fingerprint density at radius 2 is 1.88 bits per heavy atom. The summed E-state index contributed by atoms with van der Waals surface area (Å²) >= 11 is 1.24. The zero-order valence-corrected chi connectivity index (χ0v) is 15.9. The minimum atomic E-state index is -0.381. The summed E-state index contributed by atoms with van der Waals surface area (Å²) in [6.07, 6.45) is 0. The summed E-state index contributed by atoms with van der Waals surface area (Å²) in [7, 11) is 1.34. The van der Waals surface area contributed by atoms with Crippen molar-refractivity contribution in [3.63, 3.8) is 0 Å². The van der Waals surface area contributed by atoms with Crippen LogP contribution in [0.5, 0.6) is 0 Å². The van der Waals surface area contributed by atoms with Gasteiger partial charge in [-0.2, -0.15) is 5.10 Å². The molecule has 0 saturated carbocycles. The molecule has 1 atom stereocenters. The van der Waals surface area contributed by atoms with Crippen LogP contribution in [0.1, 0.15) is 23.9 Å². The van der Waals surface area contributed by atoms with Gasteiger partial charge in [-0.25, -0.2) is 4.68 Å². The highest BCUT2D eigenvalue weighted by molar-refractivity contribution is 8.01. The van der Waals surface area contributed by atoms with Gasteiger partial charge in [0.1, 0.15) is 5.25 Å². The van der Waals surface area contributed by atoms with Gasteiger partial charge in [-0.05, 0) is 39.8 Å². The van der Waals surface area contributed by atoms with Crippen LogP contribution < -0.4 is 5.32 Å². The largest absolute Gasteiger partial charge is 0.468 e. The van der Waals surface area contributed by atoms with Crippen molar-refractivity contribution in [2.45, 2.75) is 32.9 Å². The van der Waals surface area contributed by atoms with Crippen molar-refractivity contribution in [1.82, 2.24) is 9.78 Å². The van der Waals surface area contributed by atoms with E-state index < -0.39 is 0 Å². The number of anilines is 1. The number of hydrogen-bond donors (Lipinski definition) is 1. The van der Waals surface area contributed by atoms with Crippen molar-refractivity contribution in [2.24, 2.45) is 0 Å². The van der Waals surface area contributed by atoms with E-state index in [1.165, 1.54) is 24.4 Å². The van der Waals surface area contributed by atoms with Crippen LogP contribution in [0.3, 0.4) is 0 Å². The molecular weight excluding hydrogens is 338 g/mol. The van der Waals surface area contributed by atoms with Gasteiger partial charge in [-0.3, -0.25) is 9.59 Å². The molecule has 0 aliphatic carbocycles. The molecule has 0 radical (unpaired) electrons. The second-order valence-electron chi connectivity index (χ2n) is 5.82. The summed E-state index contributed by atoms with van der Waals surface area (Å²) in [6, 6.07) is 8.03. The molecule has 1 N–H and O–H groups in total. The number of nitrogens with one attached hydrogen (secondary N) is 1. The van der Waals surface area contributed by atoms with Gasteiger partial charge in [0.15, 0.2) is 0 Å². The number of rotatable bonds is 6. The highest BCUT2D eigenvalue weighted by Gasteiger charge is 2.18. The third-order valence-electron chi connectivity index (χ3n) is 3.83. The first kappa shape index (κ1) is 19.1. The molecular formula is C18H23N3O3S. The summed E-state index contributed by atoms with van der Waals surface area (Å²) in [5, 5.41) is 7.04. The maximum Gasteiger partial charge on any atom is 0.318 e. The Hall–Kier alpha value is -2.28. The molecule has 2 rings (SSSR count). The van der Waals surface area contributed by atoms with E-state index in [0.29, 0.717) is 5.69 Å². The second kappa shape index (κ2) is 8.20. The standard InChI is InChI=1S/C18H23N3O3S/c1-11-6-8-15(9-7-11)21-13(3)17(12(2)20-21)19-16(22)10-25-14(4)18(23)24-5/h6-9,14H,10H2,1-5H3,(H,19,22). The minimum absolute atomic E-state index is 0.171. The number of amides is 1. The average Bonchev–Trinajstić information content (AvgIpc) is 2.87. The third-order valence-corrected chi connectivity index (χ3v) is 4.95. The Bertz CT molecular complexity index is 769. The fourth-order valence-electron chi connectivity index (χ4n) is 2.37. The number of ether oxygens (including phenoxy) is 1. The topological polar surface area (TPSA) is 73.2 Å². The van der Waals surface area contributed by atoms with E-state index in [1.54, 1.807) is 6.92 Å². The number of hydrogen-bond acceptors (Lipinski definition) is 5. The van der Waals surface area contributed by atoms with Gasteiger partial charge in [-0.15, -0.1) is 11.8 Å². The fraction of sp³-hybridized carbons (Fsp3) is 0.389. The van der Waals surface area contributed by atoms with Gasteiger partial charge < -0.3 is 10.1 Å². The van der Waals surface area contributed by atoms with Gasteiger partial charge in [-0.1, -0.05) is 17.7 Å². The van der Waals surface area contributed by atoms with Gasteiger partial charge in [0.25, 0.3) is 0 Å². The molecule has 2 aromatic rings. The van der Waals surface area contributed by atoms with Crippen LogP contribution in [0, 0.1) is 20.8 Å². The lowest BCUT2D eigenvalue weighted by Crippen LogP contribution is -2.20. The minimum Gasteiger partial charge on any atom is -0.468 e. The van der Waals surface area contributed by atoms with Crippen LogP contribution in [0.2, 0.25) is 0 Å². The summed E-state index contributed by atoms with van der Waals surface area (Å²) < 4.78 is 6.47. The number of esters is 1. The number of methoxy groups -OCH3 is 1. The Morgan fingerprint density at radius 1 is 1.24 bits per heavy atom. The van der Waals surface area contributed by atoms with E-state index in [2.05, 4.69) is 15.2 Å². The van der Waals surface area contributed by atoms with E-state index in [0.717, 1.165) is 17.1 Å². The second-order valence-corrected chi connectivity index (χ2v) is 7.15. The number of benzene rings is 1. The highest BCUT2D eigenvalue weighted by atomic mass is 32.2. The first-order valence-corrected chi connectivity index (χ1v) is 9.01. The normalized spacial score (nSPS) is 11.9. The van der Waals surface area contributed by atoms with Crippen LogP contribution in [0.25, 0.3) is 5.69 Å². The van der Waals surface area contributed by atoms with Crippen LogP contribution >= 0.6 is 11.8 Å². The third kappa shape index (κ3) is 4.63. The van der Waals surface area contributed by atoms with E-state index >= 15 is 0 Å². The molecule has 7 heteroatoms. The molecule has 1 aromatic carbocycles. The molecule has 0 bridgehead atoms. The van der Waals surface area contributed by atoms with E-state index in [1.807, 2.05) is 49.7 Å². The predicted octanol–water partition coefficient (Wildman–Crippen LogP) is 3.03. The van der Waals surface area contributed by atoms with Crippen LogP contribution in [0.15, 0.2) is 24.3 Å². The first-order valence-electron chi connectivity index (χ1n) is 7.96. The van der Waals surface area contributed by atoms with Crippen molar-refractivity contribution in [1.29, 1.82) is 0 Å². The van der Waals surface area contributed by atoms with Crippen LogP contribution in [-0.4, -0.2) is 39.8 Å². The number of nitrogens with zero attached hydrogens (tertiary/aromatic N) is 2. The Balaban J connectivity index is 2.09. The van der Waals surface area contributed by atoms with Gasteiger partial charge in [0.05, 0.1) is 35.6 Å². The lowest BCUT2D eigenvalue weighted by molar-refractivity contribution is -0.139. The molecule has 0 spiro atoms. The molecule has 1 amide bonds. The monoisotopic (exact) mass is 361 g/mol. The zero-order chi connectivity index (χ0) is 18.6. The molecule has 0 fully saturated rings. The zero-order valence-electron chi connectivity index (χ0n) is 15.1. The van der Waals surface area contributed by atoms with Crippen molar-refractivity contribution >= 4 is 29.3 Å². The van der Waals surface area contributed by atoms with Crippen molar-refractivity contribution < 1.29 is 14.3 Å². The van der Waals surface area contributed by atoms with Crippen molar-refractivity contribution in [3.05, 3.63) is 41.2 Å². The molecule has 0 saturated heterocycles. The molecule has 25 heavy (non-hydrogen) atoms. The molecule has 1 aromatic heterocycles. The van der Waals surface area contributed by atoms with Crippen molar-refractivity contribution in [2.75, 3.05) is 18.2 Å². The highest BCUT2D eigenvalue weighted by Crippen LogP contribution is 2.23. The first-order chi connectivity index (χ1) is 11.8. The molecule has 0 aliphatic heterocycles. The van der Waals surface area contributed by atoms with Gasteiger partial charge in [0.2, 0.25) is 5.91 Å². The maximum atomic E-state index is 12.2. The summed E-state index contributed by atoms with van der Waals surface area (Å²) in [6.45, 7) is 7.52. The Labute approximate surface area is 151 Å². The maximum absolute atomic E-state index is 12.2. The van der Waals surface area contributed by atoms with E-state index in [4.69, 9.17) is 0 Å². The van der Waals surface area contributed by atoms with Gasteiger partial charge >= 0.3 is 5.97 Å². The van der Waals surface area contributed by atoms with Crippen molar-refractivity contribution in [3.8, 4) is 5.69 Å². The van der Waals surface area contributed by atoms with E-state index in [9.17, 15) is 9.59 Å². The number of carbonyl (C=O) groups is 2. The molecule has 6 nitrogen and oxygen atoms in total. The quantitative estimate of drug-likeness (QED) is 0.801. The lowest BCUT2D eigenvalue weighted by atomic mass is 10.2. The SMILES string of the molecule is COC(=O)C(C)SCC(=O)Nc1c(C)nn(-c2ccc(C)cc2)c1C.